The van der Waals surface area contributed by atoms with E-state index in [-0.39, 0.29) is 25.5 Å². The van der Waals surface area contributed by atoms with Gasteiger partial charge in [0.25, 0.3) is 5.91 Å². The lowest BCUT2D eigenvalue weighted by Gasteiger charge is -2.55. The average molecular weight is 411 g/mol. The minimum absolute atomic E-state index is 0.0361. The van der Waals surface area contributed by atoms with E-state index in [2.05, 4.69) is 18.8 Å². The third-order valence-electron chi connectivity index (χ3n) is 4.93. The number of aromatic nitrogens is 1. The zero-order valence-corrected chi connectivity index (χ0v) is 18.2. The molecule has 1 aliphatic heterocycles. The molecule has 1 saturated heterocycles. The van der Waals surface area contributed by atoms with Crippen LogP contribution in [0.4, 0.5) is 0 Å². The summed E-state index contributed by atoms with van der Waals surface area (Å²) in [6.07, 6.45) is 3.64. The van der Waals surface area contributed by atoms with E-state index in [1.54, 1.807) is 32.4 Å². The molecule has 0 radical (unpaired) electrons. The summed E-state index contributed by atoms with van der Waals surface area (Å²) in [4.78, 5) is 19.3. The summed E-state index contributed by atoms with van der Waals surface area (Å²) >= 11 is 0. The number of ether oxygens (including phenoxy) is 5. The van der Waals surface area contributed by atoms with Gasteiger partial charge in [-0.15, -0.1) is 0 Å². The number of hydrogen-bond donors (Lipinski definition) is 0. The highest BCUT2D eigenvalue weighted by Crippen LogP contribution is 2.41. The number of amides is 1. The van der Waals surface area contributed by atoms with Crippen LogP contribution in [0.3, 0.4) is 0 Å². The number of methoxy groups -OCH3 is 3. The number of carbonyl (C=O) groups excluding carboxylic acids is 1. The Morgan fingerprint density at radius 3 is 2.62 bits per heavy atom. The van der Waals surface area contributed by atoms with Gasteiger partial charge in [0.2, 0.25) is 0 Å². The molecule has 164 valence electrons. The van der Waals surface area contributed by atoms with Gasteiger partial charge in [0.15, 0.2) is 5.60 Å². The van der Waals surface area contributed by atoms with Gasteiger partial charge in [-0.1, -0.05) is 13.8 Å². The summed E-state index contributed by atoms with van der Waals surface area (Å²) in [7, 11) is 4.80. The second kappa shape index (κ2) is 11.4. The van der Waals surface area contributed by atoms with Gasteiger partial charge >= 0.3 is 0 Å². The Morgan fingerprint density at radius 1 is 1.17 bits per heavy atom. The first-order valence-corrected chi connectivity index (χ1v) is 9.98. The largest absolute Gasteiger partial charge is 0.493 e. The zero-order valence-electron chi connectivity index (χ0n) is 18.2. The van der Waals surface area contributed by atoms with Crippen molar-refractivity contribution in [3.8, 4) is 5.75 Å². The molecular formula is C21H34N2O6. The molecule has 0 aliphatic carbocycles. The molecule has 29 heavy (non-hydrogen) atoms. The third-order valence-corrected chi connectivity index (χ3v) is 4.93. The lowest BCUT2D eigenvalue weighted by molar-refractivity contribution is -0.235. The van der Waals surface area contributed by atoms with Crippen molar-refractivity contribution in [3.63, 3.8) is 0 Å². The van der Waals surface area contributed by atoms with E-state index >= 15 is 0 Å². The molecule has 0 N–H and O–H groups in total. The fourth-order valence-electron chi connectivity index (χ4n) is 3.64. The maximum atomic E-state index is 13.1. The van der Waals surface area contributed by atoms with E-state index in [9.17, 15) is 4.79 Å². The fourth-order valence-corrected chi connectivity index (χ4v) is 3.64. The summed E-state index contributed by atoms with van der Waals surface area (Å²) in [6, 6.07) is 3.56. The van der Waals surface area contributed by atoms with Crippen LogP contribution in [0.2, 0.25) is 0 Å². The van der Waals surface area contributed by atoms with Crippen molar-refractivity contribution in [2.75, 3.05) is 48.1 Å². The molecule has 1 amide bonds. The Labute approximate surface area is 173 Å². The third kappa shape index (κ3) is 5.88. The van der Waals surface area contributed by atoms with Crippen LogP contribution in [0.15, 0.2) is 18.3 Å². The Bertz CT molecular complexity index is 641. The normalized spacial score (nSPS) is 21.5. The highest BCUT2D eigenvalue weighted by Gasteiger charge is 2.61. The highest BCUT2D eigenvalue weighted by molar-refractivity contribution is 5.93. The molecule has 8 nitrogen and oxygen atoms in total. The van der Waals surface area contributed by atoms with Gasteiger partial charge < -0.3 is 28.6 Å². The van der Waals surface area contributed by atoms with Gasteiger partial charge in [-0.2, -0.15) is 0 Å². The van der Waals surface area contributed by atoms with Crippen molar-refractivity contribution in [3.05, 3.63) is 24.0 Å². The smallest absolute Gasteiger partial charge is 0.259 e. The first-order chi connectivity index (χ1) is 14.0. The minimum Gasteiger partial charge on any atom is -0.493 e. The fraction of sp³-hybridized carbons (Fsp3) is 0.714. The van der Waals surface area contributed by atoms with Crippen molar-refractivity contribution >= 4 is 5.91 Å². The molecule has 0 spiro atoms. The Balaban J connectivity index is 2.20. The van der Waals surface area contributed by atoms with Crippen LogP contribution in [-0.4, -0.2) is 75.5 Å². The van der Waals surface area contributed by atoms with Gasteiger partial charge in [0.05, 0.1) is 12.6 Å². The van der Waals surface area contributed by atoms with Crippen molar-refractivity contribution < 1.29 is 28.5 Å². The first-order valence-electron chi connectivity index (χ1n) is 9.98. The molecule has 0 aromatic carbocycles. The molecule has 1 aromatic heterocycles. The summed E-state index contributed by atoms with van der Waals surface area (Å²) < 4.78 is 27.2. The first kappa shape index (κ1) is 23.5. The Morgan fingerprint density at radius 2 is 1.97 bits per heavy atom. The molecule has 0 saturated carbocycles. The molecular weight excluding hydrogens is 376 g/mol. The van der Waals surface area contributed by atoms with E-state index in [1.807, 2.05) is 12.1 Å². The molecule has 2 heterocycles. The lowest BCUT2D eigenvalue weighted by atomic mass is 9.75. The molecule has 0 bridgehead atoms. The van der Waals surface area contributed by atoms with E-state index in [1.165, 1.54) is 0 Å². The van der Waals surface area contributed by atoms with Gasteiger partial charge in [-0.05, 0) is 18.4 Å². The summed E-state index contributed by atoms with van der Waals surface area (Å²) in [5, 5.41) is 0. The van der Waals surface area contributed by atoms with E-state index in [0.29, 0.717) is 31.3 Å². The molecule has 1 aromatic rings. The number of nitrogens with zero attached hydrogens (tertiary/aromatic N) is 2. The monoisotopic (exact) mass is 410 g/mol. The van der Waals surface area contributed by atoms with Crippen LogP contribution in [0.5, 0.6) is 5.75 Å². The lowest BCUT2D eigenvalue weighted by Crippen LogP contribution is -2.76. The van der Waals surface area contributed by atoms with Crippen LogP contribution >= 0.6 is 0 Å². The predicted molar refractivity (Wildman–Crippen MR) is 108 cm³/mol. The topological polar surface area (TPSA) is 79.3 Å². The second-order valence-electron chi connectivity index (χ2n) is 7.63. The summed E-state index contributed by atoms with van der Waals surface area (Å²) in [5.74, 6) is 1.01. The maximum absolute atomic E-state index is 13.1. The van der Waals surface area contributed by atoms with E-state index < -0.39 is 5.60 Å². The van der Waals surface area contributed by atoms with Gasteiger partial charge in [0.1, 0.15) is 19.3 Å². The van der Waals surface area contributed by atoms with Gasteiger partial charge in [-0.25, -0.2) is 0 Å². The number of hydrogen-bond acceptors (Lipinski definition) is 7. The number of likely N-dealkylation sites (tertiary alicyclic amines) is 1. The van der Waals surface area contributed by atoms with Crippen molar-refractivity contribution in [1.82, 2.24) is 9.88 Å². The van der Waals surface area contributed by atoms with Gasteiger partial charge in [0, 0.05) is 58.7 Å². The molecule has 1 fully saturated rings. The summed E-state index contributed by atoms with van der Waals surface area (Å²) in [5.41, 5.74) is -0.273. The van der Waals surface area contributed by atoms with Crippen LogP contribution in [0.25, 0.3) is 0 Å². The second-order valence-corrected chi connectivity index (χ2v) is 7.63. The molecule has 0 unspecified atom stereocenters. The van der Waals surface area contributed by atoms with Crippen LogP contribution in [-0.2, 0) is 30.2 Å². The number of pyridine rings is 1. The number of carbonyl (C=O) groups is 1. The number of β-lactam (4-membered cyclic amide) rings is 1. The van der Waals surface area contributed by atoms with Crippen molar-refractivity contribution in [2.24, 2.45) is 5.92 Å². The average Bonchev–Trinajstić information content (AvgIpc) is 2.71. The highest BCUT2D eigenvalue weighted by atomic mass is 16.7. The standard InChI is InChI=1S/C21H34N2O6/c1-16(2)11-19-21(29-15-27-5,20(24)23(19)14-26-4)13-17-12-18(7-8-22-17)28-10-6-9-25-3/h7-8,12,16,19H,6,9-11,13-15H2,1-5H3/t19-,21+/m0/s1. The molecule has 2 atom stereocenters. The molecule has 2 rings (SSSR count). The molecule has 8 heteroatoms. The Hall–Kier alpha value is -1.74. The maximum Gasteiger partial charge on any atom is 0.259 e. The minimum atomic E-state index is -1.01. The quantitative estimate of drug-likeness (QED) is 0.264. The Kier molecular flexibility index (Phi) is 9.29. The van der Waals surface area contributed by atoms with Crippen LogP contribution < -0.4 is 4.74 Å². The van der Waals surface area contributed by atoms with Crippen LogP contribution in [0, 0.1) is 5.92 Å². The van der Waals surface area contributed by atoms with Gasteiger partial charge in [-0.3, -0.25) is 9.78 Å². The molecule has 1 aliphatic rings. The van der Waals surface area contributed by atoms with Crippen LogP contribution in [0.1, 0.15) is 32.4 Å². The zero-order chi connectivity index (χ0) is 21.3. The van der Waals surface area contributed by atoms with E-state index in [0.717, 1.165) is 18.5 Å². The predicted octanol–water partition coefficient (Wildman–Crippen LogP) is 2.26. The summed E-state index contributed by atoms with van der Waals surface area (Å²) in [6.45, 7) is 5.73. The van der Waals surface area contributed by atoms with Crippen molar-refractivity contribution in [2.45, 2.75) is 44.8 Å². The number of rotatable bonds is 14. The van der Waals surface area contributed by atoms with Crippen molar-refractivity contribution in [1.29, 1.82) is 0 Å². The SMILES string of the molecule is COCCCOc1ccnc(C[C@]2(OCOC)C(=O)N(COC)[C@H]2CC(C)C)c1. The van der Waals surface area contributed by atoms with E-state index in [4.69, 9.17) is 23.7 Å².